The molecule has 0 heterocycles. The summed E-state index contributed by atoms with van der Waals surface area (Å²) in [5.74, 6) is -3.35. The van der Waals surface area contributed by atoms with Crippen LogP contribution in [0.25, 0.3) is 0 Å². The van der Waals surface area contributed by atoms with Gasteiger partial charge in [-0.05, 0) is 25.7 Å². The summed E-state index contributed by atoms with van der Waals surface area (Å²) in [5, 5.41) is 23.5. The van der Waals surface area contributed by atoms with Crippen molar-refractivity contribution in [1.82, 2.24) is 10.6 Å². The summed E-state index contributed by atoms with van der Waals surface area (Å²) in [7, 11) is 0. The maximum Gasteiger partial charge on any atom is 0.326 e. The van der Waals surface area contributed by atoms with Gasteiger partial charge in [-0.3, -0.25) is 19.2 Å². The van der Waals surface area contributed by atoms with Crippen LogP contribution in [0.2, 0.25) is 0 Å². The standard InChI is InChI=1S/C26H45N2O7/c1-2-3-4-5-6-7-8-9-10-11-14-21(25(32)33)17-18-23(30)27-19-12-16-24(31)28-22(26(34)35)15-13-20-29/h21-22H,2-19H2,1H3,(H,27,30)(H,28,31)(H,32,33)(H,34,35)/t21-,22-/m0/s1. The Kier molecular flexibility index (Phi) is 20.5. The second kappa shape index (κ2) is 22.0. The first-order valence-corrected chi connectivity index (χ1v) is 13.2. The lowest BCUT2D eigenvalue weighted by Gasteiger charge is -2.13. The average molecular weight is 498 g/mol. The van der Waals surface area contributed by atoms with E-state index in [0.29, 0.717) is 12.8 Å². The Balaban J connectivity index is 3.93. The molecule has 1 radical (unpaired) electrons. The van der Waals surface area contributed by atoms with Crippen LogP contribution in [0.4, 0.5) is 0 Å². The predicted molar refractivity (Wildman–Crippen MR) is 134 cm³/mol. The van der Waals surface area contributed by atoms with Gasteiger partial charge in [-0.25, -0.2) is 4.79 Å². The molecule has 0 bridgehead atoms. The van der Waals surface area contributed by atoms with Crippen LogP contribution in [0.1, 0.15) is 116 Å². The van der Waals surface area contributed by atoms with Gasteiger partial charge < -0.3 is 20.8 Å². The van der Waals surface area contributed by atoms with Crippen LogP contribution in [0.15, 0.2) is 0 Å². The normalized spacial score (nSPS) is 12.5. The summed E-state index contributed by atoms with van der Waals surface area (Å²) in [4.78, 5) is 56.7. The number of carboxylic acid groups (broad SMARTS) is 2. The lowest BCUT2D eigenvalue weighted by molar-refractivity contribution is -0.142. The number of amides is 2. The zero-order valence-electron chi connectivity index (χ0n) is 21.3. The molecule has 0 spiro atoms. The predicted octanol–water partition coefficient (Wildman–Crippen LogP) is 4.13. The number of carbonyl (C=O) groups excluding carboxylic acids is 3. The molecule has 9 heteroatoms. The van der Waals surface area contributed by atoms with E-state index in [2.05, 4.69) is 17.6 Å². The quantitative estimate of drug-likeness (QED) is 0.146. The fourth-order valence-electron chi connectivity index (χ4n) is 3.87. The molecule has 0 aliphatic rings. The first kappa shape index (κ1) is 32.5. The molecule has 0 aromatic heterocycles. The van der Waals surface area contributed by atoms with Crippen molar-refractivity contribution >= 4 is 30.0 Å². The molecule has 0 aliphatic heterocycles. The van der Waals surface area contributed by atoms with Gasteiger partial charge in [0.25, 0.3) is 0 Å². The van der Waals surface area contributed by atoms with Crippen LogP contribution in [0, 0.1) is 5.92 Å². The Morgan fingerprint density at radius 2 is 1.31 bits per heavy atom. The third kappa shape index (κ3) is 19.5. The van der Waals surface area contributed by atoms with Crippen LogP contribution < -0.4 is 10.6 Å². The largest absolute Gasteiger partial charge is 0.481 e. The number of aliphatic carboxylic acids is 2. The minimum Gasteiger partial charge on any atom is -0.481 e. The summed E-state index contributed by atoms with van der Waals surface area (Å²) in [6.45, 7) is 2.45. The van der Waals surface area contributed by atoms with Crippen molar-refractivity contribution in [3.05, 3.63) is 0 Å². The van der Waals surface area contributed by atoms with E-state index in [-0.39, 0.29) is 44.6 Å². The van der Waals surface area contributed by atoms with Gasteiger partial charge in [0.1, 0.15) is 6.04 Å². The van der Waals surface area contributed by atoms with Gasteiger partial charge >= 0.3 is 11.9 Å². The minimum absolute atomic E-state index is 0.0226. The highest BCUT2D eigenvalue weighted by molar-refractivity contribution is 5.83. The van der Waals surface area contributed by atoms with Crippen molar-refractivity contribution in [2.75, 3.05) is 6.54 Å². The number of nitrogens with one attached hydrogen (secondary N) is 2. The van der Waals surface area contributed by atoms with Gasteiger partial charge in [-0.2, -0.15) is 0 Å². The fraction of sp³-hybridized carbons (Fsp3) is 0.808. The van der Waals surface area contributed by atoms with E-state index >= 15 is 0 Å². The summed E-state index contributed by atoms with van der Waals surface area (Å²) in [6.07, 6.45) is 14.7. The molecule has 0 aromatic carbocycles. The molecule has 4 N–H and O–H groups in total. The van der Waals surface area contributed by atoms with Crippen molar-refractivity contribution in [1.29, 1.82) is 0 Å². The van der Waals surface area contributed by atoms with E-state index in [1.54, 1.807) is 6.29 Å². The van der Waals surface area contributed by atoms with Crippen molar-refractivity contribution < 1.29 is 34.2 Å². The molecule has 0 unspecified atom stereocenters. The number of carboxylic acids is 2. The Hall–Kier alpha value is -2.45. The molecular formula is C26H45N2O7. The van der Waals surface area contributed by atoms with Crippen molar-refractivity contribution in [3.63, 3.8) is 0 Å². The summed E-state index contributed by atoms with van der Waals surface area (Å²) in [6, 6.07) is -1.14. The molecular weight excluding hydrogens is 452 g/mol. The molecule has 0 saturated carbocycles. The summed E-state index contributed by atoms with van der Waals surface area (Å²) >= 11 is 0. The van der Waals surface area contributed by atoms with E-state index in [1.165, 1.54) is 44.9 Å². The molecule has 35 heavy (non-hydrogen) atoms. The third-order valence-corrected chi connectivity index (χ3v) is 6.05. The SMILES string of the molecule is CCCCCCCCCCCC[C@@H](CCC(=O)NCCCC(=O)N[C@@H](CC[C]=O)C(=O)O)C(=O)O. The second-order valence-corrected chi connectivity index (χ2v) is 9.14. The van der Waals surface area contributed by atoms with Gasteiger partial charge in [0.05, 0.1) is 5.92 Å². The van der Waals surface area contributed by atoms with E-state index in [0.717, 1.165) is 19.3 Å². The van der Waals surface area contributed by atoms with Crippen molar-refractivity contribution in [2.24, 2.45) is 5.92 Å². The highest BCUT2D eigenvalue weighted by Crippen LogP contribution is 2.18. The molecule has 9 nitrogen and oxygen atoms in total. The number of hydrogen-bond acceptors (Lipinski definition) is 5. The molecule has 0 aliphatic carbocycles. The number of carbonyl (C=O) groups is 4. The third-order valence-electron chi connectivity index (χ3n) is 6.05. The maximum atomic E-state index is 12.0. The number of unbranched alkanes of at least 4 members (excludes halogenated alkanes) is 9. The molecule has 0 rings (SSSR count). The monoisotopic (exact) mass is 497 g/mol. The van der Waals surface area contributed by atoms with Crippen LogP contribution in [-0.2, 0) is 24.0 Å². The zero-order valence-corrected chi connectivity index (χ0v) is 21.3. The van der Waals surface area contributed by atoms with Crippen molar-refractivity contribution in [2.45, 2.75) is 122 Å². The van der Waals surface area contributed by atoms with Gasteiger partial charge in [0.2, 0.25) is 11.8 Å². The Morgan fingerprint density at radius 3 is 1.86 bits per heavy atom. The number of hydrogen-bond donors (Lipinski definition) is 4. The topological polar surface area (TPSA) is 150 Å². The molecule has 2 amide bonds. The lowest BCUT2D eigenvalue weighted by Crippen LogP contribution is -2.41. The van der Waals surface area contributed by atoms with E-state index in [9.17, 15) is 29.1 Å². The lowest BCUT2D eigenvalue weighted by atomic mass is 9.95. The van der Waals surface area contributed by atoms with Gasteiger partial charge in [-0.1, -0.05) is 71.1 Å². The van der Waals surface area contributed by atoms with Crippen LogP contribution in [0.3, 0.4) is 0 Å². The smallest absolute Gasteiger partial charge is 0.326 e. The Morgan fingerprint density at radius 1 is 0.714 bits per heavy atom. The van der Waals surface area contributed by atoms with Crippen LogP contribution in [-0.4, -0.2) is 52.8 Å². The molecule has 2 atom stereocenters. The highest BCUT2D eigenvalue weighted by atomic mass is 16.4. The number of rotatable bonds is 24. The van der Waals surface area contributed by atoms with Gasteiger partial charge in [0.15, 0.2) is 6.29 Å². The van der Waals surface area contributed by atoms with Gasteiger partial charge in [0, 0.05) is 25.8 Å². The molecule has 0 fully saturated rings. The minimum atomic E-state index is -1.22. The van der Waals surface area contributed by atoms with Gasteiger partial charge in [-0.15, -0.1) is 0 Å². The first-order chi connectivity index (χ1) is 16.8. The zero-order chi connectivity index (χ0) is 26.3. The second-order valence-electron chi connectivity index (χ2n) is 9.14. The highest BCUT2D eigenvalue weighted by Gasteiger charge is 2.20. The maximum absolute atomic E-state index is 12.0. The van der Waals surface area contributed by atoms with Crippen LogP contribution >= 0.6 is 0 Å². The van der Waals surface area contributed by atoms with E-state index in [1.807, 2.05) is 0 Å². The van der Waals surface area contributed by atoms with E-state index in [4.69, 9.17) is 5.11 Å². The Bertz CT molecular complexity index is 625. The molecule has 0 aromatic rings. The fourth-order valence-corrected chi connectivity index (χ4v) is 3.87. The summed E-state index contributed by atoms with van der Waals surface area (Å²) < 4.78 is 0. The van der Waals surface area contributed by atoms with E-state index < -0.39 is 29.8 Å². The summed E-state index contributed by atoms with van der Waals surface area (Å²) in [5.41, 5.74) is 0. The molecule has 0 saturated heterocycles. The average Bonchev–Trinajstić information content (AvgIpc) is 2.82. The molecule has 201 valence electrons. The van der Waals surface area contributed by atoms with Crippen molar-refractivity contribution in [3.8, 4) is 0 Å². The Labute approximate surface area is 209 Å². The first-order valence-electron chi connectivity index (χ1n) is 13.2. The van der Waals surface area contributed by atoms with Crippen LogP contribution in [0.5, 0.6) is 0 Å².